The summed E-state index contributed by atoms with van der Waals surface area (Å²) in [5, 5.41) is 59.2. The molecule has 2 aliphatic heterocycles. The molecule has 2 heterocycles. The van der Waals surface area contributed by atoms with Crippen molar-refractivity contribution in [3.05, 3.63) is 114 Å². The van der Waals surface area contributed by atoms with Crippen molar-refractivity contribution < 1.29 is 63.2 Å². The first-order chi connectivity index (χ1) is 26.5. The molecule has 0 unspecified atom stereocenters. The van der Waals surface area contributed by atoms with E-state index in [1.54, 1.807) is 24.3 Å². The molecule has 13 nitrogen and oxygen atoms in total. The second-order valence-corrected chi connectivity index (χ2v) is 20.0. The van der Waals surface area contributed by atoms with Crippen LogP contribution in [0.4, 0.5) is 0 Å². The van der Waals surface area contributed by atoms with Crippen molar-refractivity contribution in [3.63, 3.8) is 0 Å². The van der Waals surface area contributed by atoms with Crippen LogP contribution < -0.4 is 10.4 Å². The summed E-state index contributed by atoms with van der Waals surface area (Å²) in [6, 6.07) is 28.6. The molecule has 0 radical (unpaired) electrons. The molecule has 10 atom stereocenters. The number of carbonyl (C=O) groups is 2. The predicted molar refractivity (Wildman–Crippen MR) is 205 cm³/mol. The monoisotopic (exact) mass is 790 g/mol. The van der Waals surface area contributed by atoms with Crippen molar-refractivity contribution in [2.75, 3.05) is 13.7 Å². The maximum absolute atomic E-state index is 13.0. The van der Waals surface area contributed by atoms with Gasteiger partial charge >= 0.3 is 11.9 Å². The van der Waals surface area contributed by atoms with Gasteiger partial charge in [-0.15, -0.1) is 0 Å². The van der Waals surface area contributed by atoms with Crippen LogP contribution in [0.5, 0.6) is 0 Å². The van der Waals surface area contributed by atoms with Crippen LogP contribution in [0.3, 0.4) is 0 Å². The molecular weight excluding hydrogens is 741 g/mol. The predicted octanol–water partition coefficient (Wildman–Crippen LogP) is 1.93. The Morgan fingerprint density at radius 3 is 1.98 bits per heavy atom. The van der Waals surface area contributed by atoms with Crippen molar-refractivity contribution in [3.8, 4) is 0 Å². The Hall–Kier alpha value is -4.22. The lowest BCUT2D eigenvalue weighted by atomic mass is 9.77. The third kappa shape index (κ3) is 7.73. The topological polar surface area (TPSA) is 191 Å². The van der Waals surface area contributed by atoms with Crippen LogP contribution in [0.2, 0.25) is 5.04 Å². The molecule has 1 aliphatic carbocycles. The van der Waals surface area contributed by atoms with Crippen LogP contribution in [0.15, 0.2) is 109 Å². The van der Waals surface area contributed by atoms with Crippen LogP contribution in [0.1, 0.15) is 39.7 Å². The van der Waals surface area contributed by atoms with E-state index in [1.165, 1.54) is 19.1 Å². The van der Waals surface area contributed by atoms with Crippen LogP contribution in [-0.2, 0) is 37.7 Å². The Morgan fingerprint density at radius 1 is 0.857 bits per heavy atom. The third-order valence-electron chi connectivity index (χ3n) is 11.0. The molecule has 1 saturated carbocycles. The molecule has 1 saturated heterocycles. The minimum atomic E-state index is -3.15. The third-order valence-corrected chi connectivity index (χ3v) is 16.0. The quantitative estimate of drug-likeness (QED) is 0.108. The summed E-state index contributed by atoms with van der Waals surface area (Å²) >= 11 is 0. The number of benzene rings is 3. The summed E-state index contributed by atoms with van der Waals surface area (Å²) in [5.74, 6) is -3.32. The maximum atomic E-state index is 13.0. The van der Waals surface area contributed by atoms with Gasteiger partial charge in [0.15, 0.2) is 6.29 Å². The number of methoxy groups -OCH3 is 1. The zero-order valence-electron chi connectivity index (χ0n) is 31.9. The Kier molecular flexibility index (Phi) is 12.1. The van der Waals surface area contributed by atoms with E-state index in [2.05, 4.69) is 20.8 Å². The second kappa shape index (κ2) is 16.3. The number of carbonyl (C=O) groups excluding carboxylic acids is 2. The van der Waals surface area contributed by atoms with Crippen molar-refractivity contribution in [1.82, 2.24) is 0 Å². The molecule has 0 spiro atoms. The highest BCUT2D eigenvalue weighted by atomic mass is 28.4. The SMILES string of the molecule is COC(=O)C1=CO[C@@H](O[C@H]2O[C@@H](CO[Si](c3ccccc3)(c3ccccc3)C(C)(C)C)[C@H](O)[C@@H](O)[C@@H]2O)[C@@H]2[C@@](C)(O)[C@@H](OC(=O)/C=C/c3ccccc3)C[C@]12O. The molecule has 6 rings (SSSR count). The van der Waals surface area contributed by atoms with Crippen molar-refractivity contribution >= 4 is 36.7 Å². The Labute approximate surface area is 326 Å². The van der Waals surface area contributed by atoms with Crippen LogP contribution in [-0.4, -0.2) is 114 Å². The van der Waals surface area contributed by atoms with Crippen LogP contribution >= 0.6 is 0 Å². The molecule has 3 aromatic carbocycles. The van der Waals surface area contributed by atoms with Gasteiger partial charge in [-0.05, 0) is 34.0 Å². The van der Waals surface area contributed by atoms with Gasteiger partial charge in [0, 0.05) is 12.5 Å². The van der Waals surface area contributed by atoms with Crippen molar-refractivity contribution in [2.24, 2.45) is 5.92 Å². The van der Waals surface area contributed by atoms with Gasteiger partial charge in [-0.2, -0.15) is 0 Å². The molecule has 0 bridgehead atoms. The molecule has 56 heavy (non-hydrogen) atoms. The molecule has 0 amide bonds. The zero-order chi connectivity index (χ0) is 40.5. The van der Waals surface area contributed by atoms with Crippen molar-refractivity contribution in [2.45, 2.75) is 93.5 Å². The fourth-order valence-corrected chi connectivity index (χ4v) is 12.7. The molecule has 2 fully saturated rings. The maximum Gasteiger partial charge on any atom is 0.339 e. The van der Waals surface area contributed by atoms with Gasteiger partial charge in [-0.1, -0.05) is 112 Å². The van der Waals surface area contributed by atoms with Gasteiger partial charge in [0.05, 0.1) is 25.9 Å². The van der Waals surface area contributed by atoms with Crippen molar-refractivity contribution in [1.29, 1.82) is 0 Å². The lowest BCUT2D eigenvalue weighted by Crippen LogP contribution is -2.68. The number of hydrogen-bond acceptors (Lipinski definition) is 13. The lowest BCUT2D eigenvalue weighted by molar-refractivity contribution is -0.351. The fourth-order valence-electron chi connectivity index (χ4n) is 8.18. The summed E-state index contributed by atoms with van der Waals surface area (Å²) in [7, 11) is -2.04. The number of fused-ring (bicyclic) bond motifs is 1. The summed E-state index contributed by atoms with van der Waals surface area (Å²) in [5.41, 5.74) is -3.97. The van der Waals surface area contributed by atoms with E-state index < -0.39 is 91.9 Å². The molecule has 0 aromatic heterocycles. The van der Waals surface area contributed by atoms with E-state index in [0.29, 0.717) is 0 Å². The molecule has 300 valence electrons. The lowest BCUT2D eigenvalue weighted by Gasteiger charge is -2.47. The first-order valence-electron chi connectivity index (χ1n) is 18.5. The van der Waals surface area contributed by atoms with E-state index in [1.807, 2.05) is 66.7 Å². The van der Waals surface area contributed by atoms with Gasteiger partial charge in [-0.3, -0.25) is 0 Å². The first kappa shape index (κ1) is 41.4. The largest absolute Gasteiger partial charge is 0.471 e. The Balaban J connectivity index is 1.27. The smallest absolute Gasteiger partial charge is 0.339 e. The van der Waals surface area contributed by atoms with E-state index in [-0.39, 0.29) is 12.2 Å². The van der Waals surface area contributed by atoms with E-state index >= 15 is 0 Å². The highest BCUT2D eigenvalue weighted by Crippen LogP contribution is 2.53. The summed E-state index contributed by atoms with van der Waals surface area (Å²) < 4.78 is 35.5. The number of hydrogen-bond donors (Lipinski definition) is 5. The van der Waals surface area contributed by atoms with E-state index in [0.717, 1.165) is 29.3 Å². The standard InChI is InChI=1S/C42H50O13Si/c1-40(2,3)56(27-17-11-7-12-18-27,28-19-13-8-14-20-28)52-25-30-33(44)34(45)35(46)38(53-30)55-39-36-41(4,48)31(23-42(36,49)29(24-51-39)37(47)50-5)54-32(43)22-21-26-15-9-6-10-16-26/h6-22,24,30-31,33-36,38-39,44-46,48-49H,23,25H2,1-5H3/b22-21+/t30-,31-,33-,34+,35-,36+,38+,39-,41-,42-/m0/s1. The summed E-state index contributed by atoms with van der Waals surface area (Å²) in [4.78, 5) is 25.9. The Bertz CT molecular complexity index is 1840. The summed E-state index contributed by atoms with van der Waals surface area (Å²) in [6.07, 6.45) is -8.02. The van der Waals surface area contributed by atoms with E-state index in [9.17, 15) is 35.1 Å². The van der Waals surface area contributed by atoms with Gasteiger partial charge in [0.25, 0.3) is 8.32 Å². The average molecular weight is 791 g/mol. The van der Waals surface area contributed by atoms with E-state index in [4.69, 9.17) is 28.1 Å². The fraction of sp³-hybridized carbons (Fsp3) is 0.429. The number of aliphatic hydroxyl groups excluding tert-OH is 3. The van der Waals surface area contributed by atoms with Gasteiger partial charge in [-0.25, -0.2) is 9.59 Å². The highest BCUT2D eigenvalue weighted by Gasteiger charge is 2.69. The van der Waals surface area contributed by atoms with Gasteiger partial charge in [0.2, 0.25) is 6.29 Å². The minimum Gasteiger partial charge on any atom is -0.471 e. The van der Waals surface area contributed by atoms with Crippen LogP contribution in [0, 0.1) is 5.92 Å². The molecule has 14 heteroatoms. The number of rotatable bonds is 11. The number of aliphatic hydroxyl groups is 5. The highest BCUT2D eigenvalue weighted by molar-refractivity contribution is 6.99. The first-order valence-corrected chi connectivity index (χ1v) is 20.4. The minimum absolute atomic E-state index is 0.227. The Morgan fingerprint density at radius 2 is 1.43 bits per heavy atom. The average Bonchev–Trinajstić information content (AvgIpc) is 3.39. The zero-order valence-corrected chi connectivity index (χ0v) is 32.9. The second-order valence-electron chi connectivity index (χ2n) is 15.7. The molecule has 5 N–H and O–H groups in total. The van der Waals surface area contributed by atoms with Gasteiger partial charge < -0.3 is 53.6 Å². The molecule has 3 aromatic rings. The summed E-state index contributed by atoms with van der Waals surface area (Å²) in [6.45, 7) is 7.31. The molecule has 3 aliphatic rings. The van der Waals surface area contributed by atoms with Gasteiger partial charge in [0.1, 0.15) is 47.3 Å². The normalized spacial score (nSPS) is 31.9. The number of ether oxygens (including phenoxy) is 5. The number of esters is 2. The molecular formula is C42H50O13Si. The van der Waals surface area contributed by atoms with Crippen LogP contribution in [0.25, 0.3) is 6.08 Å².